The number of rotatable bonds is 5. The predicted molar refractivity (Wildman–Crippen MR) is 67.5 cm³/mol. The molecule has 0 saturated heterocycles. The maximum atomic E-state index is 9.83. The van der Waals surface area contributed by atoms with Gasteiger partial charge < -0.3 is 14.7 Å². The fraction of sp³-hybridized carbons (Fsp3) is 0.462. The second-order valence-electron chi connectivity index (χ2n) is 4.15. The second kappa shape index (κ2) is 6.25. The number of hydrogen-bond donors (Lipinski definition) is 1. The molecule has 1 aromatic carbocycles. The Hall–Kier alpha value is -1.55. The van der Waals surface area contributed by atoms with E-state index < -0.39 is 6.10 Å². The standard InChI is InChI=1S/C13H18N2O2/c16-12(9-15-8-4-7-14-11-15)10-17-13-5-2-1-3-6-13/h1-3,5-6,11-12,16H,4,7-10H2. The van der Waals surface area contributed by atoms with Gasteiger partial charge in [-0.2, -0.15) is 0 Å². The van der Waals surface area contributed by atoms with Crippen LogP contribution in [0.3, 0.4) is 0 Å². The summed E-state index contributed by atoms with van der Waals surface area (Å²) in [6, 6.07) is 9.54. The van der Waals surface area contributed by atoms with Gasteiger partial charge in [-0.15, -0.1) is 0 Å². The van der Waals surface area contributed by atoms with E-state index in [2.05, 4.69) is 4.99 Å². The molecule has 4 nitrogen and oxygen atoms in total. The van der Waals surface area contributed by atoms with Crippen molar-refractivity contribution in [3.8, 4) is 5.75 Å². The second-order valence-corrected chi connectivity index (χ2v) is 4.15. The van der Waals surface area contributed by atoms with Gasteiger partial charge in [0.1, 0.15) is 18.5 Å². The third kappa shape index (κ3) is 4.07. The highest BCUT2D eigenvalue weighted by molar-refractivity contribution is 5.55. The zero-order chi connectivity index (χ0) is 11.9. The molecule has 0 amide bonds. The minimum Gasteiger partial charge on any atom is -0.491 e. The summed E-state index contributed by atoms with van der Waals surface area (Å²) < 4.78 is 5.49. The highest BCUT2D eigenvalue weighted by atomic mass is 16.5. The summed E-state index contributed by atoms with van der Waals surface area (Å²) in [4.78, 5) is 6.21. The first-order chi connectivity index (χ1) is 8.34. The average molecular weight is 234 g/mol. The van der Waals surface area contributed by atoms with Gasteiger partial charge in [0.2, 0.25) is 0 Å². The highest BCUT2D eigenvalue weighted by Crippen LogP contribution is 2.08. The van der Waals surface area contributed by atoms with Crippen LogP contribution < -0.4 is 4.74 Å². The van der Waals surface area contributed by atoms with Crippen molar-refractivity contribution in [3.63, 3.8) is 0 Å². The molecular weight excluding hydrogens is 216 g/mol. The number of nitrogens with zero attached hydrogens (tertiary/aromatic N) is 2. The molecule has 0 aromatic heterocycles. The van der Waals surface area contributed by atoms with E-state index in [-0.39, 0.29) is 0 Å². The van der Waals surface area contributed by atoms with Gasteiger partial charge in [0.05, 0.1) is 6.34 Å². The molecule has 1 aliphatic rings. The Bertz CT molecular complexity index is 354. The van der Waals surface area contributed by atoms with Crippen LogP contribution in [0.25, 0.3) is 0 Å². The number of ether oxygens (including phenoxy) is 1. The maximum Gasteiger partial charge on any atom is 0.119 e. The highest BCUT2D eigenvalue weighted by Gasteiger charge is 2.11. The Morgan fingerprint density at radius 1 is 1.35 bits per heavy atom. The van der Waals surface area contributed by atoms with Gasteiger partial charge in [0.15, 0.2) is 0 Å². The van der Waals surface area contributed by atoms with E-state index in [4.69, 9.17) is 4.74 Å². The number of β-amino-alcohol motifs (C(OH)–C–C–N with tert-alkyl or cyclic N) is 1. The molecule has 0 fully saturated rings. The lowest BCUT2D eigenvalue weighted by Crippen LogP contribution is -2.37. The van der Waals surface area contributed by atoms with Crippen LogP contribution in [0.5, 0.6) is 5.75 Å². The Balaban J connectivity index is 1.72. The van der Waals surface area contributed by atoms with Crippen LogP contribution in [0.2, 0.25) is 0 Å². The van der Waals surface area contributed by atoms with E-state index >= 15 is 0 Å². The lowest BCUT2D eigenvalue weighted by Gasteiger charge is -2.25. The molecule has 1 N–H and O–H groups in total. The molecule has 0 radical (unpaired) electrons. The van der Waals surface area contributed by atoms with E-state index in [0.29, 0.717) is 13.2 Å². The van der Waals surface area contributed by atoms with Gasteiger partial charge in [-0.25, -0.2) is 0 Å². The van der Waals surface area contributed by atoms with E-state index in [1.165, 1.54) is 0 Å². The van der Waals surface area contributed by atoms with Crippen LogP contribution in [0.4, 0.5) is 0 Å². The van der Waals surface area contributed by atoms with Crippen LogP contribution in [0.15, 0.2) is 35.3 Å². The Labute approximate surface area is 102 Å². The summed E-state index contributed by atoms with van der Waals surface area (Å²) in [7, 11) is 0. The number of aliphatic imine (C=N–C) groups is 1. The van der Waals surface area contributed by atoms with E-state index in [1.807, 2.05) is 41.6 Å². The van der Waals surface area contributed by atoms with Crippen LogP contribution in [0, 0.1) is 0 Å². The third-order valence-electron chi connectivity index (χ3n) is 2.61. The van der Waals surface area contributed by atoms with E-state index in [1.54, 1.807) is 0 Å². The molecule has 1 unspecified atom stereocenters. The Morgan fingerprint density at radius 3 is 2.88 bits per heavy atom. The number of benzene rings is 1. The molecule has 0 spiro atoms. The van der Waals surface area contributed by atoms with Crippen molar-refractivity contribution >= 4 is 6.34 Å². The molecular formula is C13H18N2O2. The number of hydrogen-bond acceptors (Lipinski definition) is 4. The molecule has 1 aromatic rings. The van der Waals surface area contributed by atoms with Crippen molar-refractivity contribution in [1.82, 2.24) is 4.90 Å². The summed E-state index contributed by atoms with van der Waals surface area (Å²) in [5.74, 6) is 0.791. The normalized spacial score (nSPS) is 16.9. The summed E-state index contributed by atoms with van der Waals surface area (Å²) in [6.45, 7) is 2.75. The lowest BCUT2D eigenvalue weighted by molar-refractivity contribution is 0.0868. The van der Waals surface area contributed by atoms with Gasteiger partial charge >= 0.3 is 0 Å². The Kier molecular flexibility index (Phi) is 4.38. The topological polar surface area (TPSA) is 45.1 Å². The quantitative estimate of drug-likeness (QED) is 0.831. The molecule has 1 aliphatic heterocycles. The van der Waals surface area contributed by atoms with Gasteiger partial charge in [-0.3, -0.25) is 4.99 Å². The number of aliphatic hydroxyl groups is 1. The molecule has 0 bridgehead atoms. The third-order valence-corrected chi connectivity index (χ3v) is 2.61. The molecule has 92 valence electrons. The van der Waals surface area contributed by atoms with Crippen molar-refractivity contribution in [1.29, 1.82) is 0 Å². The maximum absolute atomic E-state index is 9.83. The van der Waals surface area contributed by atoms with Crippen molar-refractivity contribution in [2.75, 3.05) is 26.2 Å². The zero-order valence-corrected chi connectivity index (χ0v) is 9.83. The first-order valence-corrected chi connectivity index (χ1v) is 5.94. The predicted octanol–water partition coefficient (Wildman–Crippen LogP) is 1.16. The first kappa shape index (κ1) is 11.9. The van der Waals surface area contributed by atoms with Crippen LogP contribution in [0.1, 0.15) is 6.42 Å². The van der Waals surface area contributed by atoms with Gasteiger partial charge in [-0.1, -0.05) is 18.2 Å². The van der Waals surface area contributed by atoms with Crippen LogP contribution in [-0.2, 0) is 0 Å². The molecule has 1 atom stereocenters. The summed E-state index contributed by atoms with van der Waals surface area (Å²) in [5.41, 5.74) is 0. The molecule has 2 rings (SSSR count). The SMILES string of the molecule is OC(COc1ccccc1)CN1C=NCCC1. The number of aliphatic hydroxyl groups excluding tert-OH is 1. The van der Waals surface area contributed by atoms with Crippen molar-refractivity contribution in [2.24, 2.45) is 4.99 Å². The Morgan fingerprint density at radius 2 is 2.18 bits per heavy atom. The van der Waals surface area contributed by atoms with Crippen molar-refractivity contribution in [2.45, 2.75) is 12.5 Å². The van der Waals surface area contributed by atoms with Gasteiger partial charge in [0, 0.05) is 19.6 Å². The summed E-state index contributed by atoms with van der Waals surface area (Å²) in [6.07, 6.45) is 2.39. The molecule has 0 aliphatic carbocycles. The van der Waals surface area contributed by atoms with Gasteiger partial charge in [0.25, 0.3) is 0 Å². The van der Waals surface area contributed by atoms with Crippen LogP contribution in [-0.4, -0.2) is 48.7 Å². The first-order valence-electron chi connectivity index (χ1n) is 5.94. The smallest absolute Gasteiger partial charge is 0.119 e. The van der Waals surface area contributed by atoms with Gasteiger partial charge in [-0.05, 0) is 18.6 Å². The molecule has 1 heterocycles. The summed E-state index contributed by atoms with van der Waals surface area (Å²) in [5, 5.41) is 9.83. The van der Waals surface area contributed by atoms with E-state index in [0.717, 1.165) is 25.3 Å². The molecule has 0 saturated carbocycles. The lowest BCUT2D eigenvalue weighted by atomic mass is 10.3. The summed E-state index contributed by atoms with van der Waals surface area (Å²) >= 11 is 0. The largest absolute Gasteiger partial charge is 0.491 e. The number of para-hydroxylation sites is 1. The zero-order valence-electron chi connectivity index (χ0n) is 9.83. The molecule has 17 heavy (non-hydrogen) atoms. The van der Waals surface area contributed by atoms with E-state index in [9.17, 15) is 5.11 Å². The minimum atomic E-state index is -0.486. The average Bonchev–Trinajstić information content (AvgIpc) is 2.39. The molecule has 4 heteroatoms. The minimum absolute atomic E-state index is 0.314. The van der Waals surface area contributed by atoms with Crippen molar-refractivity contribution < 1.29 is 9.84 Å². The monoisotopic (exact) mass is 234 g/mol. The fourth-order valence-electron chi connectivity index (χ4n) is 1.77. The fourth-order valence-corrected chi connectivity index (χ4v) is 1.77. The van der Waals surface area contributed by atoms with Crippen LogP contribution >= 0.6 is 0 Å². The van der Waals surface area contributed by atoms with Crippen molar-refractivity contribution in [3.05, 3.63) is 30.3 Å².